The van der Waals surface area contributed by atoms with Crippen LogP contribution in [0.4, 0.5) is 4.79 Å². The van der Waals surface area contributed by atoms with E-state index in [0.717, 1.165) is 19.3 Å². The minimum Gasteiger partial charge on any atom is -0.466 e. The van der Waals surface area contributed by atoms with Gasteiger partial charge in [-0.2, -0.15) is 0 Å². The SMILES string of the molecule is CCOC(=O)CCCCCNC(=O)N1CC=CC1. The number of carbonyl (C=O) groups is 2. The molecule has 0 aromatic carbocycles. The van der Waals surface area contributed by atoms with E-state index in [1.807, 2.05) is 12.2 Å². The van der Waals surface area contributed by atoms with Crippen LogP contribution in [0.15, 0.2) is 12.2 Å². The molecule has 5 heteroatoms. The smallest absolute Gasteiger partial charge is 0.317 e. The van der Waals surface area contributed by atoms with Gasteiger partial charge >= 0.3 is 12.0 Å². The minimum atomic E-state index is -0.135. The van der Waals surface area contributed by atoms with E-state index in [1.54, 1.807) is 11.8 Å². The van der Waals surface area contributed by atoms with Gasteiger partial charge < -0.3 is 15.0 Å². The van der Waals surface area contributed by atoms with Gasteiger partial charge in [0.05, 0.1) is 6.61 Å². The van der Waals surface area contributed by atoms with Crippen LogP contribution in [0, 0.1) is 0 Å². The molecule has 1 heterocycles. The van der Waals surface area contributed by atoms with Crippen LogP contribution in [0.1, 0.15) is 32.6 Å². The number of rotatable bonds is 7. The van der Waals surface area contributed by atoms with Gasteiger partial charge in [0.1, 0.15) is 0 Å². The average molecular weight is 254 g/mol. The lowest BCUT2D eigenvalue weighted by Crippen LogP contribution is -2.38. The number of ether oxygens (including phenoxy) is 1. The van der Waals surface area contributed by atoms with Crippen LogP contribution < -0.4 is 5.32 Å². The van der Waals surface area contributed by atoms with E-state index in [1.165, 1.54) is 0 Å². The Morgan fingerprint density at radius 3 is 2.61 bits per heavy atom. The molecule has 5 nitrogen and oxygen atoms in total. The molecule has 1 aliphatic heterocycles. The molecule has 18 heavy (non-hydrogen) atoms. The molecular weight excluding hydrogens is 232 g/mol. The fraction of sp³-hybridized carbons (Fsp3) is 0.692. The Hall–Kier alpha value is -1.52. The number of nitrogens with one attached hydrogen (secondary N) is 1. The molecule has 0 aromatic heterocycles. The highest BCUT2D eigenvalue weighted by molar-refractivity contribution is 5.74. The van der Waals surface area contributed by atoms with Crippen LogP contribution in [0.5, 0.6) is 0 Å². The predicted octanol–water partition coefficient (Wildman–Crippen LogP) is 1.69. The summed E-state index contributed by atoms with van der Waals surface area (Å²) in [6.07, 6.45) is 7.08. The molecule has 0 radical (unpaired) electrons. The summed E-state index contributed by atoms with van der Waals surface area (Å²) >= 11 is 0. The zero-order chi connectivity index (χ0) is 13.2. The lowest BCUT2D eigenvalue weighted by molar-refractivity contribution is -0.143. The van der Waals surface area contributed by atoms with Gasteiger partial charge in [-0.1, -0.05) is 18.6 Å². The highest BCUT2D eigenvalue weighted by Gasteiger charge is 2.12. The summed E-state index contributed by atoms with van der Waals surface area (Å²) in [7, 11) is 0. The molecule has 0 bridgehead atoms. The number of hydrogen-bond donors (Lipinski definition) is 1. The summed E-state index contributed by atoms with van der Waals surface area (Å²) in [5, 5.41) is 2.87. The second-order valence-electron chi connectivity index (χ2n) is 4.22. The minimum absolute atomic E-state index is 0.00890. The first-order valence-electron chi connectivity index (χ1n) is 6.57. The zero-order valence-electron chi connectivity index (χ0n) is 11.0. The maximum atomic E-state index is 11.6. The summed E-state index contributed by atoms with van der Waals surface area (Å²) in [4.78, 5) is 24.4. The Balaban J connectivity index is 1.92. The summed E-state index contributed by atoms with van der Waals surface area (Å²) in [5.41, 5.74) is 0. The average Bonchev–Trinajstić information content (AvgIpc) is 2.87. The summed E-state index contributed by atoms with van der Waals surface area (Å²) in [6, 6.07) is -0.00890. The molecule has 0 aromatic rings. The first-order chi connectivity index (χ1) is 8.74. The van der Waals surface area contributed by atoms with Gasteiger partial charge in [0.2, 0.25) is 0 Å². The van der Waals surface area contributed by atoms with Crippen LogP contribution >= 0.6 is 0 Å². The Bertz CT molecular complexity index is 295. The first kappa shape index (κ1) is 14.5. The molecular formula is C13H22N2O3. The van der Waals surface area contributed by atoms with E-state index in [4.69, 9.17) is 4.74 Å². The highest BCUT2D eigenvalue weighted by atomic mass is 16.5. The van der Waals surface area contributed by atoms with Gasteiger partial charge in [0, 0.05) is 26.1 Å². The van der Waals surface area contributed by atoms with E-state index >= 15 is 0 Å². The molecule has 0 aliphatic carbocycles. The van der Waals surface area contributed by atoms with E-state index in [2.05, 4.69) is 5.32 Å². The van der Waals surface area contributed by atoms with Crippen LogP contribution in [-0.2, 0) is 9.53 Å². The topological polar surface area (TPSA) is 58.6 Å². The predicted molar refractivity (Wildman–Crippen MR) is 69.2 cm³/mol. The molecule has 2 amide bonds. The fourth-order valence-corrected chi connectivity index (χ4v) is 1.76. The lowest BCUT2D eigenvalue weighted by Gasteiger charge is -2.16. The maximum Gasteiger partial charge on any atom is 0.317 e. The molecule has 0 saturated heterocycles. The Morgan fingerprint density at radius 1 is 1.22 bits per heavy atom. The summed E-state index contributed by atoms with van der Waals surface area (Å²) in [5.74, 6) is -0.135. The Morgan fingerprint density at radius 2 is 1.94 bits per heavy atom. The fourth-order valence-electron chi connectivity index (χ4n) is 1.76. The number of hydrogen-bond acceptors (Lipinski definition) is 3. The van der Waals surface area contributed by atoms with E-state index < -0.39 is 0 Å². The second-order valence-corrected chi connectivity index (χ2v) is 4.22. The van der Waals surface area contributed by atoms with Gasteiger partial charge in [-0.05, 0) is 19.8 Å². The Labute approximate surface area is 108 Å². The molecule has 0 fully saturated rings. The number of unbranched alkanes of at least 4 members (excludes halogenated alkanes) is 2. The molecule has 0 spiro atoms. The van der Waals surface area contributed by atoms with Crippen LogP contribution in [0.25, 0.3) is 0 Å². The Kier molecular flexibility index (Phi) is 6.91. The highest BCUT2D eigenvalue weighted by Crippen LogP contribution is 2.02. The zero-order valence-corrected chi connectivity index (χ0v) is 11.0. The van der Waals surface area contributed by atoms with E-state index in [-0.39, 0.29) is 12.0 Å². The molecule has 0 atom stereocenters. The molecule has 1 N–H and O–H groups in total. The second kappa shape index (κ2) is 8.55. The van der Waals surface area contributed by atoms with Gasteiger partial charge in [-0.25, -0.2) is 4.79 Å². The van der Waals surface area contributed by atoms with Crippen molar-refractivity contribution in [2.75, 3.05) is 26.2 Å². The quantitative estimate of drug-likeness (QED) is 0.427. The van der Waals surface area contributed by atoms with Crippen molar-refractivity contribution in [3.8, 4) is 0 Å². The lowest BCUT2D eigenvalue weighted by atomic mass is 10.2. The van der Waals surface area contributed by atoms with Crippen LogP contribution in [0.2, 0.25) is 0 Å². The molecule has 0 unspecified atom stereocenters. The molecule has 1 aliphatic rings. The van der Waals surface area contributed by atoms with Crippen molar-refractivity contribution in [2.24, 2.45) is 0 Å². The number of carbonyl (C=O) groups excluding carboxylic acids is 2. The third kappa shape index (κ3) is 5.70. The van der Waals surface area contributed by atoms with Crippen molar-refractivity contribution < 1.29 is 14.3 Å². The number of nitrogens with zero attached hydrogens (tertiary/aromatic N) is 1. The van der Waals surface area contributed by atoms with Crippen molar-refractivity contribution in [2.45, 2.75) is 32.6 Å². The number of urea groups is 1. The van der Waals surface area contributed by atoms with Gasteiger partial charge in [0.15, 0.2) is 0 Å². The normalized spacial score (nSPS) is 13.7. The number of esters is 1. The van der Waals surface area contributed by atoms with Crippen molar-refractivity contribution >= 4 is 12.0 Å². The third-order valence-corrected chi connectivity index (χ3v) is 2.74. The largest absolute Gasteiger partial charge is 0.466 e. The van der Waals surface area contributed by atoms with Crippen molar-refractivity contribution in [1.29, 1.82) is 0 Å². The van der Waals surface area contributed by atoms with Crippen molar-refractivity contribution in [3.63, 3.8) is 0 Å². The van der Waals surface area contributed by atoms with Crippen molar-refractivity contribution in [3.05, 3.63) is 12.2 Å². The summed E-state index contributed by atoms with van der Waals surface area (Å²) < 4.78 is 4.83. The molecule has 1 rings (SSSR count). The monoisotopic (exact) mass is 254 g/mol. The number of amides is 2. The molecule has 0 saturated carbocycles. The first-order valence-corrected chi connectivity index (χ1v) is 6.57. The van der Waals surface area contributed by atoms with E-state index in [0.29, 0.717) is 32.7 Å². The molecule has 102 valence electrons. The van der Waals surface area contributed by atoms with Crippen LogP contribution in [0.3, 0.4) is 0 Å². The van der Waals surface area contributed by atoms with E-state index in [9.17, 15) is 9.59 Å². The van der Waals surface area contributed by atoms with Crippen molar-refractivity contribution in [1.82, 2.24) is 10.2 Å². The van der Waals surface area contributed by atoms with Gasteiger partial charge in [-0.3, -0.25) is 4.79 Å². The van der Waals surface area contributed by atoms with Gasteiger partial charge in [-0.15, -0.1) is 0 Å². The summed E-state index contributed by atoms with van der Waals surface area (Å²) in [6.45, 7) is 4.32. The van der Waals surface area contributed by atoms with Crippen LogP contribution in [-0.4, -0.2) is 43.1 Å². The third-order valence-electron chi connectivity index (χ3n) is 2.74. The van der Waals surface area contributed by atoms with Gasteiger partial charge in [0.25, 0.3) is 0 Å². The maximum absolute atomic E-state index is 11.6. The standard InChI is InChI=1S/C13H22N2O3/c1-2-18-12(16)8-4-3-5-9-14-13(17)15-10-6-7-11-15/h6-7H,2-5,8-11H2,1H3,(H,14,17).